The van der Waals surface area contributed by atoms with Gasteiger partial charge in [0.05, 0.1) is 27.8 Å². The monoisotopic (exact) mass is 957 g/mol. The molecule has 0 bridgehead atoms. The average Bonchev–Trinajstić information content (AvgIpc) is 4.19. The molecule has 4 heterocycles. The number of furan rings is 1. The highest BCUT2D eigenvalue weighted by Gasteiger charge is 2.22. The first kappa shape index (κ1) is 42.5. The summed E-state index contributed by atoms with van der Waals surface area (Å²) in [4.78, 5) is 15.9. The van der Waals surface area contributed by atoms with Crippen molar-refractivity contribution in [3.8, 4) is 78.9 Å². The molecule has 0 N–H and O–H groups in total. The number of para-hydroxylation sites is 5. The summed E-state index contributed by atoms with van der Waals surface area (Å²) >= 11 is 0. The van der Waals surface area contributed by atoms with Crippen molar-refractivity contribution >= 4 is 65.6 Å². The van der Waals surface area contributed by atoms with Crippen molar-refractivity contribution < 1.29 is 4.42 Å². The number of hydrogen-bond donors (Lipinski definition) is 0. The van der Waals surface area contributed by atoms with Crippen molar-refractivity contribution in [2.75, 3.05) is 0 Å². The maximum atomic E-state index is 6.51. The molecule has 0 saturated heterocycles. The van der Waals surface area contributed by atoms with Gasteiger partial charge in [0.2, 0.25) is 0 Å². The third-order valence-electron chi connectivity index (χ3n) is 14.8. The lowest BCUT2D eigenvalue weighted by Crippen LogP contribution is -2.01. The summed E-state index contributed by atoms with van der Waals surface area (Å²) in [5, 5.41) is 6.82. The molecular weight excluding hydrogens is 915 g/mol. The Morgan fingerprint density at radius 3 is 1.55 bits per heavy atom. The Bertz CT molecular complexity index is 4700. The van der Waals surface area contributed by atoms with Crippen molar-refractivity contribution in [3.05, 3.63) is 261 Å². The van der Waals surface area contributed by atoms with Gasteiger partial charge >= 0.3 is 0 Å². The lowest BCUT2D eigenvalue weighted by atomic mass is 10.00. The molecule has 0 aliphatic carbocycles. The molecule has 0 fully saturated rings. The Hall–Kier alpha value is -10.2. The zero-order valence-electron chi connectivity index (χ0n) is 40.5. The Morgan fingerprint density at radius 2 is 0.773 bits per heavy atom. The Kier molecular flexibility index (Phi) is 9.78. The predicted molar refractivity (Wildman–Crippen MR) is 308 cm³/mol. The summed E-state index contributed by atoms with van der Waals surface area (Å²) in [6, 6.07) is 92.3. The van der Waals surface area contributed by atoms with E-state index >= 15 is 0 Å². The molecule has 0 atom stereocenters. The van der Waals surface area contributed by atoms with Crippen molar-refractivity contribution in [3.63, 3.8) is 0 Å². The van der Waals surface area contributed by atoms with Gasteiger partial charge in [-0.3, -0.25) is 0 Å². The normalized spacial score (nSPS) is 11.7. The summed E-state index contributed by atoms with van der Waals surface area (Å²) < 4.78 is 11.4. The fourth-order valence-electron chi connectivity index (χ4n) is 11.3. The van der Waals surface area contributed by atoms with Gasteiger partial charge in [0.1, 0.15) is 11.2 Å². The summed E-state index contributed by atoms with van der Waals surface area (Å²) in [6.07, 6.45) is 0. The van der Waals surface area contributed by atoms with E-state index < -0.39 is 0 Å². The highest BCUT2D eigenvalue weighted by atomic mass is 16.3. The van der Waals surface area contributed by atoms with Gasteiger partial charge in [0.15, 0.2) is 17.5 Å². The second-order valence-electron chi connectivity index (χ2n) is 19.1. The maximum absolute atomic E-state index is 6.51. The molecule has 0 spiro atoms. The molecular formula is C69H43N5O. The van der Waals surface area contributed by atoms with Crippen LogP contribution in [0.5, 0.6) is 0 Å². The average molecular weight is 958 g/mol. The molecule has 0 saturated carbocycles. The van der Waals surface area contributed by atoms with Crippen LogP contribution >= 0.6 is 0 Å². The quantitative estimate of drug-likeness (QED) is 0.152. The third-order valence-corrected chi connectivity index (χ3v) is 14.8. The van der Waals surface area contributed by atoms with Crippen molar-refractivity contribution in [1.29, 1.82) is 0 Å². The Balaban J connectivity index is 0.909. The molecule has 0 unspecified atom stereocenters. The number of nitrogens with zero attached hydrogens (tertiary/aromatic N) is 5. The SMILES string of the molecule is c1ccc(-c2ccc(-c3nc(-c4cccc(-c5cccc6c5oc5ccccc56)c4)nc(-c4ccc5c(c4)c4ccccc4n5-c4cccc5c6ccccc6n(-c6cccc(-c7ccccc7)c6)c45)n3)cc2)cc1. The molecule has 0 amide bonds. The van der Waals surface area contributed by atoms with Crippen molar-refractivity contribution in [2.24, 2.45) is 0 Å². The number of fused-ring (bicyclic) bond motifs is 9. The number of rotatable bonds is 8. The van der Waals surface area contributed by atoms with Crippen molar-refractivity contribution in [2.45, 2.75) is 0 Å². The fourth-order valence-corrected chi connectivity index (χ4v) is 11.3. The minimum Gasteiger partial charge on any atom is -0.455 e. The second kappa shape index (κ2) is 17.3. The highest BCUT2D eigenvalue weighted by molar-refractivity contribution is 6.16. The van der Waals surface area contributed by atoms with Crippen LogP contribution in [0.25, 0.3) is 144 Å². The number of aromatic nitrogens is 5. The van der Waals surface area contributed by atoms with Crippen molar-refractivity contribution in [1.82, 2.24) is 24.1 Å². The molecule has 4 aromatic heterocycles. The minimum atomic E-state index is 0.583. The second-order valence-corrected chi connectivity index (χ2v) is 19.1. The van der Waals surface area contributed by atoms with Gasteiger partial charge in [-0.15, -0.1) is 0 Å². The summed E-state index contributed by atoms with van der Waals surface area (Å²) in [5.41, 5.74) is 17.7. The summed E-state index contributed by atoms with van der Waals surface area (Å²) in [5.74, 6) is 1.77. The van der Waals surface area contributed by atoms with E-state index in [-0.39, 0.29) is 0 Å². The lowest BCUT2D eigenvalue weighted by molar-refractivity contribution is 0.670. The van der Waals surface area contributed by atoms with Gasteiger partial charge in [-0.2, -0.15) is 0 Å². The highest BCUT2D eigenvalue weighted by Crippen LogP contribution is 2.42. The van der Waals surface area contributed by atoms with Crippen LogP contribution in [0.2, 0.25) is 0 Å². The van der Waals surface area contributed by atoms with Crippen LogP contribution in [-0.4, -0.2) is 24.1 Å². The van der Waals surface area contributed by atoms with E-state index in [1.165, 1.54) is 21.9 Å². The van der Waals surface area contributed by atoms with E-state index in [0.29, 0.717) is 17.5 Å². The van der Waals surface area contributed by atoms with Crippen LogP contribution in [0.4, 0.5) is 0 Å². The van der Waals surface area contributed by atoms with Crippen LogP contribution in [0.15, 0.2) is 265 Å². The van der Waals surface area contributed by atoms with E-state index in [4.69, 9.17) is 19.4 Å². The molecule has 75 heavy (non-hydrogen) atoms. The molecule has 15 rings (SSSR count). The molecule has 0 aliphatic heterocycles. The lowest BCUT2D eigenvalue weighted by Gasteiger charge is -2.15. The number of benzene rings is 11. The van der Waals surface area contributed by atoms with E-state index in [2.05, 4.69) is 252 Å². The van der Waals surface area contributed by atoms with Crippen LogP contribution < -0.4 is 0 Å². The Labute approximate surface area is 431 Å². The first-order valence-corrected chi connectivity index (χ1v) is 25.3. The maximum Gasteiger partial charge on any atom is 0.164 e. The van der Waals surface area contributed by atoms with Gasteiger partial charge < -0.3 is 13.6 Å². The van der Waals surface area contributed by atoms with Crippen LogP contribution in [0, 0.1) is 0 Å². The summed E-state index contributed by atoms with van der Waals surface area (Å²) in [6.45, 7) is 0. The number of hydrogen-bond acceptors (Lipinski definition) is 4. The zero-order valence-corrected chi connectivity index (χ0v) is 40.5. The molecule has 0 radical (unpaired) electrons. The molecule has 6 heteroatoms. The minimum absolute atomic E-state index is 0.583. The predicted octanol–water partition coefficient (Wildman–Crippen LogP) is 18.0. The Morgan fingerprint density at radius 1 is 0.280 bits per heavy atom. The first-order chi connectivity index (χ1) is 37.2. The van der Waals surface area contributed by atoms with Gasteiger partial charge in [-0.05, 0) is 88.5 Å². The van der Waals surface area contributed by atoms with Crippen LogP contribution in [-0.2, 0) is 0 Å². The third kappa shape index (κ3) is 7.07. The topological polar surface area (TPSA) is 61.7 Å². The van der Waals surface area contributed by atoms with Gasteiger partial charge in [0.25, 0.3) is 0 Å². The van der Waals surface area contributed by atoms with Crippen LogP contribution in [0.1, 0.15) is 0 Å². The molecule has 6 nitrogen and oxygen atoms in total. The zero-order chi connectivity index (χ0) is 49.4. The summed E-state index contributed by atoms with van der Waals surface area (Å²) in [7, 11) is 0. The fraction of sp³-hybridized carbons (Fsp3) is 0. The first-order valence-electron chi connectivity index (χ1n) is 25.3. The van der Waals surface area contributed by atoms with E-state index in [1.54, 1.807) is 0 Å². The molecule has 11 aromatic carbocycles. The van der Waals surface area contributed by atoms with Crippen LogP contribution in [0.3, 0.4) is 0 Å². The van der Waals surface area contributed by atoms with Gasteiger partial charge in [-0.25, -0.2) is 15.0 Å². The molecule has 15 aromatic rings. The smallest absolute Gasteiger partial charge is 0.164 e. The largest absolute Gasteiger partial charge is 0.455 e. The van der Waals surface area contributed by atoms with E-state index in [1.807, 2.05) is 18.2 Å². The standard InChI is InChI=1S/C69H43N5O/c1-3-17-44(18-4-1)46-35-37-47(38-36-46)67-70-68(50-23-13-22-49(41-50)53-28-15-30-58-56-27-9-12-34-64(56)75-66(53)58)72-69(71-67)51-39-40-62-59(43-51)55-26-8-11-32-61(55)74(62)63-33-16-29-57-54-25-7-10-31-60(54)73(65(57)63)52-24-14-21-48(42-52)45-19-5-2-6-20-45/h1-43H. The van der Waals surface area contributed by atoms with E-state index in [9.17, 15) is 0 Å². The molecule has 0 aliphatic rings. The van der Waals surface area contributed by atoms with Gasteiger partial charge in [-0.1, -0.05) is 200 Å². The molecule has 350 valence electrons. The van der Waals surface area contributed by atoms with E-state index in [0.717, 1.165) is 105 Å². The van der Waals surface area contributed by atoms with Gasteiger partial charge in [0, 0.05) is 60.3 Å².